The summed E-state index contributed by atoms with van der Waals surface area (Å²) >= 11 is 0.823. The summed E-state index contributed by atoms with van der Waals surface area (Å²) in [5.74, 6) is -1.93. The van der Waals surface area contributed by atoms with Crippen LogP contribution in [0, 0.1) is 12.7 Å². The average molecular weight is 594 g/mol. The van der Waals surface area contributed by atoms with Crippen LogP contribution in [0.3, 0.4) is 0 Å². The Hall–Kier alpha value is -3.83. The number of ether oxygens (including phenoxy) is 1. The lowest BCUT2D eigenvalue weighted by atomic mass is 9.95. The van der Waals surface area contributed by atoms with Gasteiger partial charge in [0.25, 0.3) is 11.8 Å². The van der Waals surface area contributed by atoms with E-state index in [1.54, 1.807) is 12.1 Å². The molecule has 0 radical (unpaired) electrons. The molecule has 1 aromatic heterocycles. The summed E-state index contributed by atoms with van der Waals surface area (Å²) in [6, 6.07) is 11.5. The minimum atomic E-state index is -1.16. The largest absolute Gasteiger partial charge is 0.395 e. The fourth-order valence-corrected chi connectivity index (χ4v) is 6.23. The first-order chi connectivity index (χ1) is 20.3. The Morgan fingerprint density at radius 3 is 2.43 bits per heavy atom. The van der Waals surface area contributed by atoms with Crippen LogP contribution >= 0.6 is 11.5 Å². The summed E-state index contributed by atoms with van der Waals surface area (Å²) in [5, 5.41) is 5.93. The second-order valence-corrected chi connectivity index (χ2v) is 11.7. The van der Waals surface area contributed by atoms with Gasteiger partial charge in [0, 0.05) is 24.9 Å². The number of anilines is 2. The Kier molecular flexibility index (Phi) is 9.48. The molecule has 222 valence electrons. The second kappa shape index (κ2) is 13.4. The van der Waals surface area contributed by atoms with Gasteiger partial charge in [0.2, 0.25) is 5.91 Å². The molecule has 4 N–H and O–H groups in total. The first-order valence-electron chi connectivity index (χ1n) is 14.4. The highest BCUT2D eigenvalue weighted by atomic mass is 32.1. The molecule has 3 aromatic rings. The number of nitrogens with one attached hydrogen (secondary N) is 2. The van der Waals surface area contributed by atoms with E-state index in [0.717, 1.165) is 62.0 Å². The summed E-state index contributed by atoms with van der Waals surface area (Å²) in [7, 11) is 0. The van der Waals surface area contributed by atoms with E-state index in [1.807, 2.05) is 19.1 Å². The Balaban J connectivity index is 1.50. The lowest BCUT2D eigenvalue weighted by Gasteiger charge is -2.31. The predicted molar refractivity (Wildman–Crippen MR) is 160 cm³/mol. The maximum Gasteiger partial charge on any atom is 0.273 e. The molecule has 42 heavy (non-hydrogen) atoms. The number of nitrogen functional groups attached to an aromatic ring is 1. The van der Waals surface area contributed by atoms with Gasteiger partial charge in [-0.1, -0.05) is 49.1 Å². The van der Waals surface area contributed by atoms with Crippen molar-refractivity contribution < 1.29 is 23.5 Å². The number of amides is 3. The molecular weight excluding hydrogens is 557 g/mol. The van der Waals surface area contributed by atoms with Gasteiger partial charge in [-0.15, -0.1) is 0 Å². The van der Waals surface area contributed by atoms with E-state index in [0.29, 0.717) is 17.9 Å². The van der Waals surface area contributed by atoms with Gasteiger partial charge >= 0.3 is 0 Å². The molecule has 1 aliphatic heterocycles. The molecule has 2 heterocycles. The normalized spacial score (nSPS) is 17.9. The second-order valence-electron chi connectivity index (χ2n) is 10.9. The van der Waals surface area contributed by atoms with Gasteiger partial charge in [-0.05, 0) is 74.0 Å². The van der Waals surface area contributed by atoms with Gasteiger partial charge in [-0.25, -0.2) is 4.39 Å². The molecular formula is C31H36FN5O4S. The van der Waals surface area contributed by atoms with E-state index < -0.39 is 29.6 Å². The number of carbonyl (C=O) groups is 3. The number of hydrogen-bond donors (Lipinski definition) is 3. The van der Waals surface area contributed by atoms with E-state index in [4.69, 9.17) is 10.5 Å². The van der Waals surface area contributed by atoms with E-state index in [1.165, 1.54) is 29.2 Å². The lowest BCUT2D eigenvalue weighted by molar-refractivity contribution is -0.123. The maximum atomic E-state index is 14.3. The van der Waals surface area contributed by atoms with Crippen molar-refractivity contribution in [1.29, 1.82) is 0 Å². The van der Waals surface area contributed by atoms with Crippen molar-refractivity contribution in [2.24, 2.45) is 0 Å². The van der Waals surface area contributed by atoms with Crippen molar-refractivity contribution in [1.82, 2.24) is 15.0 Å². The van der Waals surface area contributed by atoms with E-state index >= 15 is 0 Å². The highest BCUT2D eigenvalue weighted by Crippen LogP contribution is 2.34. The summed E-state index contributed by atoms with van der Waals surface area (Å²) in [6.45, 7) is 2.83. The zero-order valence-electron chi connectivity index (χ0n) is 23.6. The number of carbonyl (C=O) groups excluding carboxylic acids is 3. The molecule has 1 saturated carbocycles. The highest BCUT2D eigenvalue weighted by Gasteiger charge is 2.36. The molecule has 9 nitrogen and oxygen atoms in total. The van der Waals surface area contributed by atoms with Crippen LogP contribution in [0.1, 0.15) is 82.3 Å². The molecule has 5 rings (SSSR count). The summed E-state index contributed by atoms with van der Waals surface area (Å²) < 4.78 is 23.9. The third-order valence-corrected chi connectivity index (χ3v) is 8.68. The fraction of sp³-hybridized carbons (Fsp3) is 0.419. The SMILES string of the molecule is Cc1ccc(N(C(=O)c2snc(C(=O)NC3CCCCC3)c2N)C(C(=O)NCC2CCCO2)c2ccc(F)cc2)cc1. The number of hydrogen-bond acceptors (Lipinski definition) is 7. The Morgan fingerprint density at radius 2 is 1.76 bits per heavy atom. The molecule has 2 atom stereocenters. The van der Waals surface area contributed by atoms with Crippen LogP contribution in [0.5, 0.6) is 0 Å². The number of aryl methyl sites for hydroxylation is 1. The molecule has 2 aliphatic rings. The Labute approximate surface area is 248 Å². The molecule has 2 unspecified atom stereocenters. The van der Waals surface area contributed by atoms with Crippen LogP contribution < -0.4 is 21.3 Å². The topological polar surface area (TPSA) is 127 Å². The third-order valence-electron chi connectivity index (χ3n) is 7.83. The Morgan fingerprint density at radius 1 is 1.05 bits per heavy atom. The zero-order valence-corrected chi connectivity index (χ0v) is 24.4. The van der Waals surface area contributed by atoms with Crippen molar-refractivity contribution in [2.75, 3.05) is 23.8 Å². The lowest BCUT2D eigenvalue weighted by Crippen LogP contribution is -2.45. The molecule has 2 aromatic carbocycles. The van der Waals surface area contributed by atoms with E-state index in [2.05, 4.69) is 15.0 Å². The van der Waals surface area contributed by atoms with Crippen molar-refractivity contribution in [3.63, 3.8) is 0 Å². The molecule has 0 bridgehead atoms. The molecule has 2 fully saturated rings. The molecule has 11 heteroatoms. The monoisotopic (exact) mass is 593 g/mol. The van der Waals surface area contributed by atoms with Crippen LogP contribution in [0.4, 0.5) is 15.8 Å². The molecule has 0 spiro atoms. The van der Waals surface area contributed by atoms with Gasteiger partial charge < -0.3 is 21.1 Å². The van der Waals surface area contributed by atoms with Crippen molar-refractivity contribution in [3.8, 4) is 0 Å². The van der Waals surface area contributed by atoms with E-state index in [-0.39, 0.29) is 34.9 Å². The van der Waals surface area contributed by atoms with Crippen LogP contribution in [0.15, 0.2) is 48.5 Å². The number of benzene rings is 2. The minimum absolute atomic E-state index is 0.000976. The van der Waals surface area contributed by atoms with Crippen LogP contribution in [0.2, 0.25) is 0 Å². The predicted octanol–water partition coefficient (Wildman–Crippen LogP) is 4.92. The molecule has 1 saturated heterocycles. The minimum Gasteiger partial charge on any atom is -0.395 e. The molecule has 1 aliphatic carbocycles. The van der Waals surface area contributed by atoms with E-state index in [9.17, 15) is 18.8 Å². The van der Waals surface area contributed by atoms with Gasteiger partial charge in [0.1, 0.15) is 16.7 Å². The first-order valence-corrected chi connectivity index (χ1v) is 15.2. The number of aromatic nitrogens is 1. The van der Waals surface area contributed by atoms with Crippen LogP contribution in [-0.4, -0.2) is 47.4 Å². The smallest absolute Gasteiger partial charge is 0.273 e. The summed E-state index contributed by atoms with van der Waals surface area (Å²) in [4.78, 5) is 42.6. The number of rotatable bonds is 9. The van der Waals surface area contributed by atoms with Gasteiger partial charge in [-0.3, -0.25) is 19.3 Å². The third kappa shape index (κ3) is 6.79. The van der Waals surface area contributed by atoms with Gasteiger partial charge in [0.05, 0.1) is 11.8 Å². The number of halogens is 1. The van der Waals surface area contributed by atoms with Crippen LogP contribution in [-0.2, 0) is 9.53 Å². The maximum absolute atomic E-state index is 14.3. The van der Waals surface area contributed by atoms with Crippen molar-refractivity contribution >= 4 is 40.6 Å². The highest BCUT2D eigenvalue weighted by molar-refractivity contribution is 7.09. The summed E-state index contributed by atoms with van der Waals surface area (Å²) in [5.41, 5.74) is 8.18. The first kappa shape index (κ1) is 29.7. The van der Waals surface area contributed by atoms with Crippen molar-refractivity contribution in [2.45, 2.75) is 70.1 Å². The van der Waals surface area contributed by atoms with Crippen molar-refractivity contribution in [3.05, 3.63) is 76.0 Å². The number of nitrogens with two attached hydrogens (primary N) is 1. The summed E-state index contributed by atoms with van der Waals surface area (Å²) in [6.07, 6.45) is 6.65. The fourth-order valence-electron chi connectivity index (χ4n) is 5.49. The van der Waals surface area contributed by atoms with Crippen LogP contribution in [0.25, 0.3) is 0 Å². The van der Waals surface area contributed by atoms with Gasteiger partial charge in [-0.2, -0.15) is 4.37 Å². The quantitative estimate of drug-likeness (QED) is 0.323. The number of nitrogens with zero attached hydrogens (tertiary/aromatic N) is 2. The average Bonchev–Trinajstić information content (AvgIpc) is 3.66. The Bertz CT molecular complexity index is 1400. The molecule has 3 amide bonds. The zero-order chi connectivity index (χ0) is 29.6. The standard InChI is InChI=1S/C31H36FN5O4S/c1-19-9-15-23(16-10-19)37(27(20-11-13-21(32)14-12-20)30(39)34-18-24-8-5-17-41-24)31(40)28-25(33)26(36-42-28)29(38)35-22-6-3-2-4-7-22/h9-16,22,24,27H,2-8,17-18,33H2,1H3,(H,34,39)(H,35,38). The van der Waals surface area contributed by atoms with Gasteiger partial charge in [0.15, 0.2) is 5.69 Å².